The first-order valence-corrected chi connectivity index (χ1v) is 4.41. The quantitative estimate of drug-likeness (QED) is 0.570. The van der Waals surface area contributed by atoms with Crippen LogP contribution in [0, 0.1) is 18.9 Å². The van der Waals surface area contributed by atoms with Crippen LogP contribution in [0.25, 0.3) is 0 Å². The van der Waals surface area contributed by atoms with E-state index in [1.54, 1.807) is 17.1 Å². The highest BCUT2D eigenvalue weighted by molar-refractivity contribution is 5.35. The van der Waals surface area contributed by atoms with E-state index in [1.807, 2.05) is 18.3 Å². The van der Waals surface area contributed by atoms with Gasteiger partial charge >= 0.3 is 0 Å². The Morgan fingerprint density at radius 3 is 2.64 bits per heavy atom. The molecule has 0 spiro atoms. The number of aryl methyl sites for hydroxylation is 1. The summed E-state index contributed by atoms with van der Waals surface area (Å²) in [6.45, 7) is 2.06. The third kappa shape index (κ3) is 2.02. The molecule has 68 valence electrons. The van der Waals surface area contributed by atoms with E-state index < -0.39 is 0 Å². The SMILES string of the molecule is Cc1ccc(C#Cn2ccnc2)cc1. The van der Waals surface area contributed by atoms with Crippen LogP contribution < -0.4 is 0 Å². The fraction of sp³-hybridized carbons (Fsp3) is 0.0833. The Bertz CT molecular complexity index is 455. The minimum absolute atomic E-state index is 1.02. The maximum atomic E-state index is 3.91. The van der Waals surface area contributed by atoms with Crippen molar-refractivity contribution in [2.24, 2.45) is 0 Å². The topological polar surface area (TPSA) is 17.8 Å². The normalized spacial score (nSPS) is 9.21. The van der Waals surface area contributed by atoms with Gasteiger partial charge in [-0.1, -0.05) is 17.7 Å². The summed E-state index contributed by atoms with van der Waals surface area (Å²) in [5, 5.41) is 0. The molecule has 0 fully saturated rings. The number of benzene rings is 1. The molecule has 0 saturated carbocycles. The molecule has 0 N–H and O–H groups in total. The molecule has 0 amide bonds. The third-order valence-corrected chi connectivity index (χ3v) is 1.89. The van der Waals surface area contributed by atoms with E-state index >= 15 is 0 Å². The van der Waals surface area contributed by atoms with Gasteiger partial charge in [0.2, 0.25) is 0 Å². The van der Waals surface area contributed by atoms with Crippen LogP contribution in [-0.4, -0.2) is 9.55 Å². The van der Waals surface area contributed by atoms with E-state index in [0.717, 1.165) is 5.56 Å². The summed E-state index contributed by atoms with van der Waals surface area (Å²) in [4.78, 5) is 3.91. The van der Waals surface area contributed by atoms with Crippen molar-refractivity contribution >= 4 is 0 Å². The lowest BCUT2D eigenvalue weighted by Crippen LogP contribution is -1.82. The molecule has 2 nitrogen and oxygen atoms in total. The molecule has 0 aliphatic rings. The minimum Gasteiger partial charge on any atom is -0.265 e. The van der Waals surface area contributed by atoms with E-state index in [-0.39, 0.29) is 0 Å². The first-order chi connectivity index (χ1) is 6.84. The third-order valence-electron chi connectivity index (χ3n) is 1.89. The Labute approximate surface area is 83.2 Å². The van der Waals surface area contributed by atoms with Crippen LogP contribution in [0.2, 0.25) is 0 Å². The van der Waals surface area contributed by atoms with Gasteiger partial charge < -0.3 is 0 Å². The lowest BCUT2D eigenvalue weighted by molar-refractivity contribution is 1.11. The van der Waals surface area contributed by atoms with Crippen LogP contribution in [0.15, 0.2) is 43.0 Å². The molecule has 0 atom stereocenters. The van der Waals surface area contributed by atoms with Crippen LogP contribution >= 0.6 is 0 Å². The molecule has 0 aliphatic carbocycles. The predicted molar refractivity (Wildman–Crippen MR) is 55.7 cm³/mol. The summed E-state index contributed by atoms with van der Waals surface area (Å²) in [7, 11) is 0. The zero-order valence-corrected chi connectivity index (χ0v) is 7.94. The summed E-state index contributed by atoms with van der Waals surface area (Å²) in [6, 6.07) is 11.1. The van der Waals surface area contributed by atoms with Crippen LogP contribution in [0.5, 0.6) is 0 Å². The summed E-state index contributed by atoms with van der Waals surface area (Å²) in [5.41, 5.74) is 2.27. The second kappa shape index (κ2) is 3.80. The molecule has 2 heteroatoms. The zero-order valence-electron chi connectivity index (χ0n) is 7.94. The van der Waals surface area contributed by atoms with Crippen LogP contribution in [0.1, 0.15) is 11.1 Å². The predicted octanol–water partition coefficient (Wildman–Crippen LogP) is 2.05. The summed E-state index contributed by atoms with van der Waals surface area (Å²) in [5.74, 6) is 3.05. The number of imidazole rings is 1. The van der Waals surface area contributed by atoms with Gasteiger partial charge in [-0.3, -0.25) is 4.57 Å². The summed E-state index contributed by atoms with van der Waals surface area (Å²) in [6.07, 6.45) is 5.21. The minimum atomic E-state index is 1.02. The van der Waals surface area contributed by atoms with Crippen molar-refractivity contribution in [1.82, 2.24) is 9.55 Å². The lowest BCUT2D eigenvalue weighted by Gasteiger charge is -1.91. The Morgan fingerprint density at radius 2 is 2.00 bits per heavy atom. The van der Waals surface area contributed by atoms with E-state index in [9.17, 15) is 0 Å². The highest BCUT2D eigenvalue weighted by Crippen LogP contribution is 2.00. The molecule has 1 aromatic carbocycles. The Balaban J connectivity index is 2.22. The van der Waals surface area contributed by atoms with Crippen molar-refractivity contribution in [3.8, 4) is 12.0 Å². The van der Waals surface area contributed by atoms with Gasteiger partial charge in [0.05, 0.1) is 0 Å². The fourth-order valence-corrected chi connectivity index (χ4v) is 1.09. The van der Waals surface area contributed by atoms with Crippen molar-refractivity contribution in [1.29, 1.82) is 0 Å². The molecule has 0 unspecified atom stereocenters. The van der Waals surface area contributed by atoms with Gasteiger partial charge in [-0.25, -0.2) is 4.98 Å². The van der Waals surface area contributed by atoms with Gasteiger partial charge in [0, 0.05) is 24.0 Å². The molecule has 1 aromatic heterocycles. The molecule has 14 heavy (non-hydrogen) atoms. The molecule has 2 aromatic rings. The molecule has 2 rings (SSSR count). The first-order valence-electron chi connectivity index (χ1n) is 4.41. The largest absolute Gasteiger partial charge is 0.265 e. The smallest absolute Gasteiger partial charge is 0.106 e. The second-order valence-corrected chi connectivity index (χ2v) is 3.07. The summed E-state index contributed by atoms with van der Waals surface area (Å²) < 4.78 is 1.74. The van der Waals surface area contributed by atoms with E-state index in [2.05, 4.69) is 36.0 Å². The molecular weight excluding hydrogens is 172 g/mol. The van der Waals surface area contributed by atoms with E-state index in [1.165, 1.54) is 5.56 Å². The molecule has 0 saturated heterocycles. The highest BCUT2D eigenvalue weighted by Gasteiger charge is 1.85. The number of hydrogen-bond acceptors (Lipinski definition) is 1. The maximum Gasteiger partial charge on any atom is 0.106 e. The molecular formula is C12H10N2. The number of hydrogen-bond donors (Lipinski definition) is 0. The first kappa shape index (κ1) is 8.58. The summed E-state index contributed by atoms with van der Waals surface area (Å²) >= 11 is 0. The van der Waals surface area contributed by atoms with Gasteiger partial charge in [-0.2, -0.15) is 0 Å². The van der Waals surface area contributed by atoms with Gasteiger partial charge in [-0.05, 0) is 25.0 Å². The zero-order chi connectivity index (χ0) is 9.80. The van der Waals surface area contributed by atoms with Crippen LogP contribution in [0.4, 0.5) is 0 Å². The van der Waals surface area contributed by atoms with Gasteiger partial charge in [0.1, 0.15) is 6.33 Å². The van der Waals surface area contributed by atoms with E-state index in [4.69, 9.17) is 0 Å². The van der Waals surface area contributed by atoms with Crippen molar-refractivity contribution in [3.63, 3.8) is 0 Å². The number of nitrogens with zero attached hydrogens (tertiary/aromatic N) is 2. The maximum absolute atomic E-state index is 3.91. The average molecular weight is 182 g/mol. The Kier molecular flexibility index (Phi) is 2.33. The number of rotatable bonds is 0. The lowest BCUT2D eigenvalue weighted by atomic mass is 10.2. The van der Waals surface area contributed by atoms with Crippen molar-refractivity contribution in [3.05, 3.63) is 54.1 Å². The van der Waals surface area contributed by atoms with E-state index in [0.29, 0.717) is 0 Å². The second-order valence-electron chi connectivity index (χ2n) is 3.07. The Hall–Kier alpha value is -2.01. The van der Waals surface area contributed by atoms with Crippen molar-refractivity contribution in [2.45, 2.75) is 6.92 Å². The monoisotopic (exact) mass is 182 g/mol. The van der Waals surface area contributed by atoms with Crippen LogP contribution in [0.3, 0.4) is 0 Å². The number of aromatic nitrogens is 2. The van der Waals surface area contributed by atoms with Crippen molar-refractivity contribution in [2.75, 3.05) is 0 Å². The van der Waals surface area contributed by atoms with Crippen molar-refractivity contribution < 1.29 is 0 Å². The molecule has 0 radical (unpaired) electrons. The van der Waals surface area contributed by atoms with Gasteiger partial charge in [-0.15, -0.1) is 0 Å². The molecule has 0 aliphatic heterocycles. The average Bonchev–Trinajstić information content (AvgIpc) is 2.70. The standard InChI is InChI=1S/C12H10N2/c1-11-2-4-12(5-3-11)6-8-14-9-7-13-10-14/h2-5,7,9-10H,1H3. The van der Waals surface area contributed by atoms with Gasteiger partial charge in [0.25, 0.3) is 0 Å². The van der Waals surface area contributed by atoms with Gasteiger partial charge in [0.15, 0.2) is 0 Å². The Morgan fingerprint density at radius 1 is 1.21 bits per heavy atom. The highest BCUT2D eigenvalue weighted by atomic mass is 15.0. The molecule has 0 bridgehead atoms. The van der Waals surface area contributed by atoms with Crippen LogP contribution in [-0.2, 0) is 0 Å². The molecule has 1 heterocycles. The fourth-order valence-electron chi connectivity index (χ4n) is 1.09.